The molecule has 0 aliphatic carbocycles. The topological polar surface area (TPSA) is 116 Å². The van der Waals surface area contributed by atoms with Crippen molar-refractivity contribution in [1.82, 2.24) is 14.9 Å². The smallest absolute Gasteiger partial charge is 0.410 e. The first kappa shape index (κ1) is 21.1. The first-order valence-electron chi connectivity index (χ1n) is 9.40. The predicted octanol–water partition coefficient (Wildman–Crippen LogP) is 3.29. The maximum Gasteiger partial charge on any atom is 0.410 e. The number of benzene rings is 1. The van der Waals surface area contributed by atoms with Crippen molar-refractivity contribution in [3.05, 3.63) is 34.5 Å². The molecule has 9 nitrogen and oxygen atoms in total. The van der Waals surface area contributed by atoms with Gasteiger partial charge in [0.15, 0.2) is 0 Å². The minimum atomic E-state index is -1.38. The van der Waals surface area contributed by atoms with E-state index >= 15 is 0 Å². The summed E-state index contributed by atoms with van der Waals surface area (Å²) in [4.78, 5) is 32.9. The van der Waals surface area contributed by atoms with E-state index in [0.29, 0.717) is 34.9 Å². The number of likely N-dealkylation sites (tertiary alicyclic amines) is 1. The summed E-state index contributed by atoms with van der Waals surface area (Å²) in [6.45, 7) is 6.61. The highest BCUT2D eigenvalue weighted by Crippen LogP contribution is 2.23. The third-order valence-electron chi connectivity index (χ3n) is 4.51. The summed E-state index contributed by atoms with van der Waals surface area (Å²) < 4.78 is 18.2. The monoisotopic (exact) mass is 420 g/mol. The van der Waals surface area contributed by atoms with Gasteiger partial charge in [-0.2, -0.15) is 0 Å². The van der Waals surface area contributed by atoms with Crippen LogP contribution in [0.25, 0.3) is 11.0 Å². The van der Waals surface area contributed by atoms with Crippen molar-refractivity contribution in [1.29, 1.82) is 0 Å². The standard InChI is InChI=1S/C19H24N4O5S/c1-19(2,3)28-18(24)22-8-4-5-13(11-22)12-29(27)17-10-20-16-9-14(23(25)26)6-7-15(16)21-17/h6-7,9-10,13H,4-5,8,11-12H2,1-3H3/t13-,29-/m1/s1. The van der Waals surface area contributed by atoms with Crippen LogP contribution in [-0.4, -0.2) is 54.5 Å². The zero-order valence-corrected chi connectivity index (χ0v) is 17.5. The SMILES string of the molecule is CC(C)(C)OC(=O)N1CCC[C@@H](C[S@@](=O)c2cnc3cc([N+](=O)[O-])ccc3n2)C1. The van der Waals surface area contributed by atoms with Gasteiger partial charge in [-0.15, -0.1) is 0 Å². The Morgan fingerprint density at radius 1 is 1.38 bits per heavy atom. The highest BCUT2D eigenvalue weighted by molar-refractivity contribution is 7.84. The normalized spacial score (nSPS) is 18.4. The summed E-state index contributed by atoms with van der Waals surface area (Å²) in [5.74, 6) is 0.443. The molecule has 156 valence electrons. The van der Waals surface area contributed by atoms with Crippen LogP contribution in [0.15, 0.2) is 29.4 Å². The van der Waals surface area contributed by atoms with Gasteiger partial charge in [-0.05, 0) is 45.6 Å². The van der Waals surface area contributed by atoms with E-state index in [4.69, 9.17) is 4.74 Å². The fraction of sp³-hybridized carbons (Fsp3) is 0.526. The van der Waals surface area contributed by atoms with E-state index in [1.807, 2.05) is 20.8 Å². The van der Waals surface area contributed by atoms with Gasteiger partial charge in [-0.25, -0.2) is 9.78 Å². The highest BCUT2D eigenvalue weighted by Gasteiger charge is 2.29. The van der Waals surface area contributed by atoms with Crippen molar-refractivity contribution in [3.63, 3.8) is 0 Å². The number of hydrogen-bond donors (Lipinski definition) is 0. The molecule has 0 unspecified atom stereocenters. The predicted molar refractivity (Wildman–Crippen MR) is 108 cm³/mol. The van der Waals surface area contributed by atoms with Crippen molar-refractivity contribution in [2.75, 3.05) is 18.8 Å². The molecule has 29 heavy (non-hydrogen) atoms. The fourth-order valence-electron chi connectivity index (χ4n) is 3.20. The molecule has 2 atom stereocenters. The van der Waals surface area contributed by atoms with Crippen LogP contribution in [-0.2, 0) is 15.5 Å². The number of nitrogens with zero attached hydrogens (tertiary/aromatic N) is 4. The van der Waals surface area contributed by atoms with E-state index in [2.05, 4.69) is 9.97 Å². The summed E-state index contributed by atoms with van der Waals surface area (Å²) in [5.41, 5.74) is 0.224. The minimum Gasteiger partial charge on any atom is -0.444 e. The van der Waals surface area contributed by atoms with Crippen molar-refractivity contribution < 1.29 is 18.7 Å². The third-order valence-corrected chi connectivity index (χ3v) is 5.94. The second kappa shape index (κ2) is 8.40. The average molecular weight is 420 g/mol. The van der Waals surface area contributed by atoms with Crippen molar-refractivity contribution in [2.45, 2.75) is 44.2 Å². The van der Waals surface area contributed by atoms with Gasteiger partial charge >= 0.3 is 6.09 Å². The Hall–Kier alpha value is -2.62. The number of fused-ring (bicyclic) bond motifs is 1. The Bertz CT molecular complexity index is 959. The number of piperidine rings is 1. The molecule has 1 saturated heterocycles. The Balaban J connectivity index is 1.67. The summed E-state index contributed by atoms with van der Waals surface area (Å²) in [7, 11) is -1.38. The van der Waals surface area contributed by atoms with Crippen LogP contribution in [0.1, 0.15) is 33.6 Å². The molecule has 10 heteroatoms. The summed E-state index contributed by atoms with van der Waals surface area (Å²) >= 11 is 0. The summed E-state index contributed by atoms with van der Waals surface area (Å²) in [6, 6.07) is 4.20. The van der Waals surface area contributed by atoms with Crippen molar-refractivity contribution in [2.24, 2.45) is 5.92 Å². The largest absolute Gasteiger partial charge is 0.444 e. The lowest BCUT2D eigenvalue weighted by atomic mass is 10.0. The Labute approximate surface area is 171 Å². The van der Waals surface area contributed by atoms with Crippen LogP contribution in [0.3, 0.4) is 0 Å². The van der Waals surface area contributed by atoms with E-state index in [0.717, 1.165) is 12.8 Å². The van der Waals surface area contributed by atoms with E-state index in [1.54, 1.807) is 4.90 Å². The lowest BCUT2D eigenvalue weighted by molar-refractivity contribution is -0.384. The molecule has 0 radical (unpaired) electrons. The molecule has 3 rings (SSSR count). The second-order valence-corrected chi connectivity index (χ2v) is 9.53. The molecule has 2 heterocycles. The van der Waals surface area contributed by atoms with Gasteiger partial charge in [0.2, 0.25) is 0 Å². The first-order valence-corrected chi connectivity index (χ1v) is 10.7. The number of nitro benzene ring substituents is 1. The maximum atomic E-state index is 12.8. The van der Waals surface area contributed by atoms with Crippen LogP contribution < -0.4 is 0 Å². The number of rotatable bonds is 4. The zero-order chi connectivity index (χ0) is 21.2. The van der Waals surface area contributed by atoms with Gasteiger partial charge in [0, 0.05) is 31.0 Å². The minimum absolute atomic E-state index is 0.0647. The molecule has 1 amide bonds. The molecule has 1 fully saturated rings. The van der Waals surface area contributed by atoms with Gasteiger partial charge < -0.3 is 9.64 Å². The Kier molecular flexibility index (Phi) is 6.11. The van der Waals surface area contributed by atoms with E-state index in [1.165, 1.54) is 24.4 Å². The van der Waals surface area contributed by atoms with Gasteiger partial charge in [0.25, 0.3) is 5.69 Å². The summed E-state index contributed by atoms with van der Waals surface area (Å²) in [5, 5.41) is 11.2. The molecule has 0 N–H and O–H groups in total. The van der Waals surface area contributed by atoms with Gasteiger partial charge in [-0.1, -0.05) is 0 Å². The quantitative estimate of drug-likeness (QED) is 0.550. The molecule has 0 saturated carbocycles. The molecule has 0 bridgehead atoms. The van der Waals surface area contributed by atoms with E-state index in [-0.39, 0.29) is 17.7 Å². The van der Waals surface area contributed by atoms with Gasteiger partial charge in [-0.3, -0.25) is 19.3 Å². The van der Waals surface area contributed by atoms with E-state index in [9.17, 15) is 19.1 Å². The van der Waals surface area contributed by atoms with Crippen molar-refractivity contribution in [3.8, 4) is 0 Å². The molecule has 1 aromatic heterocycles. The second-order valence-electron chi connectivity index (χ2n) is 8.09. The van der Waals surface area contributed by atoms with Gasteiger partial charge in [0.05, 0.1) is 33.0 Å². The van der Waals surface area contributed by atoms with E-state index < -0.39 is 21.3 Å². The van der Waals surface area contributed by atoms with Crippen LogP contribution in [0.4, 0.5) is 10.5 Å². The Morgan fingerprint density at radius 3 is 2.83 bits per heavy atom. The average Bonchev–Trinajstić information content (AvgIpc) is 2.66. The number of carbonyl (C=O) groups excluding carboxylic acids is 1. The number of nitro groups is 1. The lowest BCUT2D eigenvalue weighted by Crippen LogP contribution is -2.44. The molecular weight excluding hydrogens is 396 g/mol. The van der Waals surface area contributed by atoms with Crippen LogP contribution in [0.2, 0.25) is 0 Å². The number of amides is 1. The first-order chi connectivity index (χ1) is 13.6. The fourth-order valence-corrected chi connectivity index (χ4v) is 4.44. The lowest BCUT2D eigenvalue weighted by Gasteiger charge is -2.33. The molecule has 1 aliphatic heterocycles. The van der Waals surface area contributed by atoms with Crippen LogP contribution in [0, 0.1) is 16.0 Å². The zero-order valence-electron chi connectivity index (χ0n) is 16.7. The maximum absolute atomic E-state index is 12.8. The molecular formula is C19H24N4O5S. The van der Waals surface area contributed by atoms with Crippen molar-refractivity contribution >= 4 is 33.6 Å². The highest BCUT2D eigenvalue weighted by atomic mass is 32.2. The molecule has 1 aliphatic rings. The summed E-state index contributed by atoms with van der Waals surface area (Å²) in [6.07, 6.45) is 2.75. The molecule has 2 aromatic rings. The van der Waals surface area contributed by atoms with Crippen LogP contribution >= 0.6 is 0 Å². The number of ether oxygens (including phenoxy) is 1. The van der Waals surface area contributed by atoms with Gasteiger partial charge in [0.1, 0.15) is 10.6 Å². The number of carbonyl (C=O) groups is 1. The van der Waals surface area contributed by atoms with Crippen LogP contribution in [0.5, 0.6) is 0 Å². The number of aromatic nitrogens is 2. The number of hydrogen-bond acceptors (Lipinski definition) is 7. The molecule has 0 spiro atoms. The Morgan fingerprint density at radius 2 is 2.14 bits per heavy atom. The number of non-ortho nitro benzene ring substituents is 1. The molecule has 1 aromatic carbocycles. The third kappa shape index (κ3) is 5.47.